The first-order valence-corrected chi connectivity index (χ1v) is 4.79. The SMILES string of the molecule is C#CCNC(CO)c1ccc(Cl)c(F)c1. The number of aliphatic hydroxyl groups is 1. The van der Waals surface area contributed by atoms with Crippen LogP contribution in [-0.4, -0.2) is 18.3 Å². The highest BCUT2D eigenvalue weighted by Crippen LogP contribution is 2.19. The summed E-state index contributed by atoms with van der Waals surface area (Å²) in [5, 5.41) is 12.0. The Kier molecular flexibility index (Phi) is 4.57. The fraction of sp³-hybridized carbons (Fsp3) is 0.273. The van der Waals surface area contributed by atoms with Gasteiger partial charge in [0, 0.05) is 0 Å². The van der Waals surface area contributed by atoms with Crippen molar-refractivity contribution in [3.8, 4) is 12.3 Å². The van der Waals surface area contributed by atoms with Crippen molar-refractivity contribution >= 4 is 11.6 Å². The summed E-state index contributed by atoms with van der Waals surface area (Å²) in [6.45, 7) is 0.165. The minimum Gasteiger partial charge on any atom is -0.394 e. The summed E-state index contributed by atoms with van der Waals surface area (Å²) in [6, 6.07) is 4.02. The molecule has 0 aromatic heterocycles. The van der Waals surface area contributed by atoms with Gasteiger partial charge in [0.15, 0.2) is 0 Å². The van der Waals surface area contributed by atoms with E-state index in [-0.39, 0.29) is 17.7 Å². The molecule has 0 bridgehead atoms. The number of benzene rings is 1. The van der Waals surface area contributed by atoms with E-state index in [1.54, 1.807) is 6.07 Å². The van der Waals surface area contributed by atoms with Crippen LogP contribution in [0, 0.1) is 18.2 Å². The van der Waals surface area contributed by atoms with E-state index in [2.05, 4.69) is 11.2 Å². The Hall–Kier alpha value is -1.08. The lowest BCUT2D eigenvalue weighted by molar-refractivity contribution is 0.248. The number of hydrogen-bond acceptors (Lipinski definition) is 2. The van der Waals surface area contributed by atoms with Gasteiger partial charge in [-0.25, -0.2) is 4.39 Å². The normalized spacial score (nSPS) is 12.1. The van der Waals surface area contributed by atoms with Crippen molar-refractivity contribution < 1.29 is 9.50 Å². The molecule has 1 atom stereocenters. The molecule has 2 nitrogen and oxygen atoms in total. The monoisotopic (exact) mass is 227 g/mol. The van der Waals surface area contributed by atoms with Gasteiger partial charge >= 0.3 is 0 Å². The molecule has 0 aliphatic rings. The molecule has 0 spiro atoms. The average Bonchev–Trinajstić information content (AvgIpc) is 2.24. The highest BCUT2D eigenvalue weighted by atomic mass is 35.5. The van der Waals surface area contributed by atoms with E-state index in [4.69, 9.17) is 23.1 Å². The van der Waals surface area contributed by atoms with Crippen LogP contribution in [0.1, 0.15) is 11.6 Å². The van der Waals surface area contributed by atoms with Crippen molar-refractivity contribution in [1.82, 2.24) is 5.32 Å². The topological polar surface area (TPSA) is 32.3 Å². The Morgan fingerprint density at radius 2 is 2.33 bits per heavy atom. The second-order valence-electron chi connectivity index (χ2n) is 2.99. The molecule has 0 fully saturated rings. The summed E-state index contributed by atoms with van der Waals surface area (Å²) in [6.07, 6.45) is 5.07. The first-order chi connectivity index (χ1) is 7.19. The summed E-state index contributed by atoms with van der Waals surface area (Å²) in [5.74, 6) is 1.88. The van der Waals surface area contributed by atoms with Crippen molar-refractivity contribution in [2.75, 3.05) is 13.2 Å². The molecule has 2 N–H and O–H groups in total. The lowest BCUT2D eigenvalue weighted by Crippen LogP contribution is -2.24. The third-order valence-corrected chi connectivity index (χ3v) is 2.29. The fourth-order valence-corrected chi connectivity index (χ4v) is 1.32. The zero-order chi connectivity index (χ0) is 11.3. The average molecular weight is 228 g/mol. The Bertz CT molecular complexity index is 375. The second kappa shape index (κ2) is 5.72. The van der Waals surface area contributed by atoms with Crippen LogP contribution in [0.3, 0.4) is 0 Å². The predicted molar refractivity (Wildman–Crippen MR) is 58.1 cm³/mol. The van der Waals surface area contributed by atoms with Crippen LogP contribution in [0.15, 0.2) is 18.2 Å². The highest BCUT2D eigenvalue weighted by molar-refractivity contribution is 6.30. The molecule has 4 heteroatoms. The maximum Gasteiger partial charge on any atom is 0.142 e. The maximum atomic E-state index is 13.1. The standard InChI is InChI=1S/C11H11ClFNO/c1-2-5-14-11(7-15)8-3-4-9(12)10(13)6-8/h1,3-4,6,11,14-15H,5,7H2. The summed E-state index contributed by atoms with van der Waals surface area (Å²) in [5.41, 5.74) is 0.620. The second-order valence-corrected chi connectivity index (χ2v) is 3.40. The smallest absolute Gasteiger partial charge is 0.142 e. The number of terminal acetylenes is 1. The number of halogens is 2. The van der Waals surface area contributed by atoms with E-state index in [0.29, 0.717) is 12.1 Å². The third-order valence-electron chi connectivity index (χ3n) is 1.98. The molecule has 80 valence electrons. The lowest BCUT2D eigenvalue weighted by atomic mass is 10.1. The predicted octanol–water partition coefficient (Wildman–Crippen LogP) is 1.74. The van der Waals surface area contributed by atoms with E-state index in [1.807, 2.05) is 0 Å². The summed E-state index contributed by atoms with van der Waals surface area (Å²) in [7, 11) is 0. The zero-order valence-corrected chi connectivity index (χ0v) is 8.76. The molecule has 1 aromatic carbocycles. The van der Waals surface area contributed by atoms with Crippen LogP contribution in [0.25, 0.3) is 0 Å². The molecule has 0 aliphatic carbocycles. The number of aliphatic hydroxyl groups excluding tert-OH is 1. The molecular formula is C11H11ClFNO. The van der Waals surface area contributed by atoms with Crippen LogP contribution in [0.4, 0.5) is 4.39 Å². The third kappa shape index (κ3) is 3.21. The van der Waals surface area contributed by atoms with Crippen molar-refractivity contribution in [1.29, 1.82) is 0 Å². The molecule has 0 radical (unpaired) electrons. The van der Waals surface area contributed by atoms with E-state index in [0.717, 1.165) is 0 Å². The highest BCUT2D eigenvalue weighted by Gasteiger charge is 2.10. The Morgan fingerprint density at radius 1 is 1.60 bits per heavy atom. The van der Waals surface area contributed by atoms with Crippen LogP contribution >= 0.6 is 11.6 Å². The van der Waals surface area contributed by atoms with Gasteiger partial charge in [-0.15, -0.1) is 6.42 Å². The molecule has 0 heterocycles. The van der Waals surface area contributed by atoms with E-state index in [9.17, 15) is 4.39 Å². The molecule has 0 aliphatic heterocycles. The van der Waals surface area contributed by atoms with Crippen molar-refractivity contribution in [3.05, 3.63) is 34.6 Å². The molecule has 1 unspecified atom stereocenters. The van der Waals surface area contributed by atoms with Gasteiger partial charge in [0.1, 0.15) is 5.82 Å². The van der Waals surface area contributed by atoms with Crippen LogP contribution < -0.4 is 5.32 Å². The Morgan fingerprint density at radius 3 is 2.87 bits per heavy atom. The number of nitrogens with one attached hydrogen (secondary N) is 1. The van der Waals surface area contributed by atoms with Crippen LogP contribution in [-0.2, 0) is 0 Å². The molecule has 0 saturated heterocycles. The van der Waals surface area contributed by atoms with Gasteiger partial charge in [0.25, 0.3) is 0 Å². The molecule has 0 saturated carbocycles. The van der Waals surface area contributed by atoms with E-state index >= 15 is 0 Å². The van der Waals surface area contributed by atoms with Gasteiger partial charge in [0.2, 0.25) is 0 Å². The summed E-state index contributed by atoms with van der Waals surface area (Å²) in [4.78, 5) is 0. The number of hydrogen-bond donors (Lipinski definition) is 2. The summed E-state index contributed by atoms with van der Waals surface area (Å²) < 4.78 is 13.1. The van der Waals surface area contributed by atoms with Gasteiger partial charge in [-0.1, -0.05) is 23.6 Å². The quantitative estimate of drug-likeness (QED) is 0.768. The Labute approximate surface area is 93.1 Å². The van der Waals surface area contributed by atoms with E-state index in [1.165, 1.54) is 12.1 Å². The van der Waals surface area contributed by atoms with E-state index < -0.39 is 5.82 Å². The van der Waals surface area contributed by atoms with Gasteiger partial charge < -0.3 is 5.11 Å². The summed E-state index contributed by atoms with van der Waals surface area (Å²) >= 11 is 5.54. The largest absolute Gasteiger partial charge is 0.394 e. The minimum absolute atomic E-state index is 0.0624. The molecule has 15 heavy (non-hydrogen) atoms. The van der Waals surface area contributed by atoms with Crippen molar-refractivity contribution in [2.24, 2.45) is 0 Å². The van der Waals surface area contributed by atoms with Gasteiger partial charge in [-0.05, 0) is 17.7 Å². The van der Waals surface area contributed by atoms with Crippen LogP contribution in [0.2, 0.25) is 5.02 Å². The molecular weight excluding hydrogens is 217 g/mol. The van der Waals surface area contributed by atoms with Gasteiger partial charge in [-0.3, -0.25) is 5.32 Å². The first kappa shape index (κ1) is 12.0. The lowest BCUT2D eigenvalue weighted by Gasteiger charge is -2.15. The van der Waals surface area contributed by atoms with Crippen molar-refractivity contribution in [3.63, 3.8) is 0 Å². The number of rotatable bonds is 4. The Balaban J connectivity index is 2.83. The zero-order valence-electron chi connectivity index (χ0n) is 8.00. The minimum atomic E-state index is -0.505. The van der Waals surface area contributed by atoms with Crippen molar-refractivity contribution in [2.45, 2.75) is 6.04 Å². The fourth-order valence-electron chi connectivity index (χ4n) is 1.20. The van der Waals surface area contributed by atoms with Gasteiger partial charge in [-0.2, -0.15) is 0 Å². The molecule has 1 rings (SSSR count). The molecule has 0 amide bonds. The van der Waals surface area contributed by atoms with Gasteiger partial charge in [0.05, 0.1) is 24.2 Å². The maximum absolute atomic E-state index is 13.1. The molecule has 1 aromatic rings. The first-order valence-electron chi connectivity index (χ1n) is 4.41. The van der Waals surface area contributed by atoms with Crippen LogP contribution in [0.5, 0.6) is 0 Å².